The Bertz CT molecular complexity index is 1200. The van der Waals surface area contributed by atoms with Crippen molar-refractivity contribution in [1.82, 2.24) is 24.7 Å². The van der Waals surface area contributed by atoms with Crippen molar-refractivity contribution >= 4 is 5.82 Å². The Kier molecular flexibility index (Phi) is 5.66. The Labute approximate surface area is 182 Å². The molecule has 31 heavy (non-hydrogen) atoms. The highest BCUT2D eigenvalue weighted by atomic mass is 16.5. The fraction of sp³-hybridized carbons (Fsp3) is 0.250. The van der Waals surface area contributed by atoms with Gasteiger partial charge in [0.1, 0.15) is 11.4 Å². The van der Waals surface area contributed by atoms with Crippen LogP contribution in [0, 0.1) is 20.8 Å². The summed E-state index contributed by atoms with van der Waals surface area (Å²) in [5.41, 5.74) is 6.58. The Morgan fingerprint density at radius 2 is 1.74 bits per heavy atom. The quantitative estimate of drug-likeness (QED) is 0.487. The molecule has 0 bridgehead atoms. The zero-order chi connectivity index (χ0) is 22.0. The first-order chi connectivity index (χ1) is 14.9. The van der Waals surface area contributed by atoms with Crippen molar-refractivity contribution in [2.75, 3.05) is 12.4 Å². The second-order valence-electron chi connectivity index (χ2n) is 7.69. The van der Waals surface area contributed by atoms with Crippen molar-refractivity contribution in [1.29, 1.82) is 0 Å². The van der Waals surface area contributed by atoms with E-state index in [2.05, 4.69) is 63.6 Å². The van der Waals surface area contributed by atoms with Crippen molar-refractivity contribution in [3.63, 3.8) is 0 Å². The average Bonchev–Trinajstić information content (AvgIpc) is 3.21. The number of anilines is 1. The van der Waals surface area contributed by atoms with Crippen molar-refractivity contribution < 1.29 is 4.74 Å². The number of nitrogens with one attached hydrogen (secondary N) is 1. The van der Waals surface area contributed by atoms with Crippen LogP contribution in [-0.2, 0) is 0 Å². The van der Waals surface area contributed by atoms with Crippen molar-refractivity contribution in [3.05, 3.63) is 77.4 Å². The van der Waals surface area contributed by atoms with Gasteiger partial charge in [0, 0.05) is 6.20 Å². The first-order valence-electron chi connectivity index (χ1n) is 10.2. The highest BCUT2D eigenvalue weighted by Gasteiger charge is 2.14. The van der Waals surface area contributed by atoms with Crippen LogP contribution in [0.5, 0.6) is 5.88 Å². The maximum atomic E-state index is 5.51. The molecule has 158 valence electrons. The van der Waals surface area contributed by atoms with E-state index in [4.69, 9.17) is 4.74 Å². The first kappa shape index (κ1) is 20.5. The lowest BCUT2D eigenvalue weighted by Crippen LogP contribution is -2.10. The van der Waals surface area contributed by atoms with Crippen LogP contribution in [0.1, 0.15) is 35.3 Å². The Morgan fingerprint density at radius 3 is 2.39 bits per heavy atom. The number of imidazole rings is 1. The fourth-order valence-electron chi connectivity index (χ4n) is 3.37. The zero-order valence-corrected chi connectivity index (χ0v) is 18.4. The van der Waals surface area contributed by atoms with Crippen LogP contribution in [0.3, 0.4) is 0 Å². The number of rotatable bonds is 6. The predicted octanol–water partition coefficient (Wildman–Crippen LogP) is 4.83. The Hall–Kier alpha value is -3.74. The van der Waals surface area contributed by atoms with Gasteiger partial charge in [-0.1, -0.05) is 29.8 Å². The molecule has 1 aromatic carbocycles. The van der Waals surface area contributed by atoms with Crippen molar-refractivity contribution in [2.24, 2.45) is 0 Å². The maximum Gasteiger partial charge on any atom is 0.238 e. The van der Waals surface area contributed by atoms with Gasteiger partial charge in [0.05, 0.1) is 30.9 Å². The van der Waals surface area contributed by atoms with E-state index in [0.29, 0.717) is 17.3 Å². The summed E-state index contributed by atoms with van der Waals surface area (Å²) in [7, 11) is 1.61. The van der Waals surface area contributed by atoms with E-state index in [1.54, 1.807) is 13.4 Å². The lowest BCUT2D eigenvalue weighted by atomic mass is 10.1. The second-order valence-corrected chi connectivity index (χ2v) is 7.69. The minimum atomic E-state index is 0.121. The molecule has 0 aliphatic carbocycles. The molecule has 3 aromatic heterocycles. The summed E-state index contributed by atoms with van der Waals surface area (Å²) in [5.74, 6) is 1.26. The minimum Gasteiger partial charge on any atom is -0.479 e. The van der Waals surface area contributed by atoms with Gasteiger partial charge in [-0.05, 0) is 57.0 Å². The Morgan fingerprint density at radius 1 is 0.968 bits per heavy atom. The molecule has 0 amide bonds. The number of pyridine rings is 1. The smallest absolute Gasteiger partial charge is 0.238 e. The van der Waals surface area contributed by atoms with Crippen molar-refractivity contribution in [2.45, 2.75) is 33.7 Å². The summed E-state index contributed by atoms with van der Waals surface area (Å²) in [6.07, 6.45) is 3.67. The molecule has 1 N–H and O–H groups in total. The van der Waals surface area contributed by atoms with E-state index in [9.17, 15) is 0 Å². The summed E-state index contributed by atoms with van der Waals surface area (Å²) in [6.45, 7) is 8.16. The lowest BCUT2D eigenvalue weighted by molar-refractivity contribution is 0.396. The molecule has 0 fully saturated rings. The molecule has 0 saturated carbocycles. The molecule has 0 spiro atoms. The van der Waals surface area contributed by atoms with Gasteiger partial charge in [0.2, 0.25) is 5.88 Å². The summed E-state index contributed by atoms with van der Waals surface area (Å²) in [5, 5.41) is 12.3. The van der Waals surface area contributed by atoms with Gasteiger partial charge < -0.3 is 14.6 Å². The van der Waals surface area contributed by atoms with Gasteiger partial charge >= 0.3 is 0 Å². The van der Waals surface area contributed by atoms with E-state index < -0.39 is 0 Å². The normalized spacial score (nSPS) is 11.9. The molecule has 1 unspecified atom stereocenters. The SMILES string of the molecule is COc1nc(-c2cc(C)c(NC(C)c3ccc(C)cc3)nn2)ccc1-n1cnc(C)c1. The number of hydrogen-bond acceptors (Lipinski definition) is 6. The number of benzene rings is 1. The highest BCUT2D eigenvalue weighted by Crippen LogP contribution is 2.27. The predicted molar refractivity (Wildman–Crippen MR) is 122 cm³/mol. The van der Waals surface area contributed by atoms with Crippen LogP contribution >= 0.6 is 0 Å². The molecule has 1 atom stereocenters. The molecule has 7 nitrogen and oxygen atoms in total. The minimum absolute atomic E-state index is 0.121. The summed E-state index contributed by atoms with van der Waals surface area (Å²) >= 11 is 0. The van der Waals surface area contributed by atoms with Gasteiger partial charge in [0.15, 0.2) is 5.82 Å². The van der Waals surface area contributed by atoms with E-state index in [1.807, 2.05) is 42.8 Å². The van der Waals surface area contributed by atoms with E-state index in [1.165, 1.54) is 11.1 Å². The molecule has 0 saturated heterocycles. The van der Waals surface area contributed by atoms with Gasteiger partial charge in [-0.3, -0.25) is 0 Å². The topological polar surface area (TPSA) is 77.8 Å². The van der Waals surface area contributed by atoms with Gasteiger partial charge in [0.25, 0.3) is 0 Å². The third-order valence-electron chi connectivity index (χ3n) is 5.20. The largest absolute Gasteiger partial charge is 0.479 e. The standard InChI is InChI=1S/C24H26N6O/c1-15-6-8-19(9-7-15)18(4)26-23-16(2)12-21(28-29-23)20-10-11-22(24(27-20)31-5)30-13-17(3)25-14-30/h6-14,18H,1-5H3,(H,26,29). The van der Waals surface area contributed by atoms with Crippen LogP contribution in [-0.4, -0.2) is 31.8 Å². The van der Waals surface area contributed by atoms with Crippen LogP contribution in [0.4, 0.5) is 5.82 Å². The highest BCUT2D eigenvalue weighted by molar-refractivity contribution is 5.61. The number of aryl methyl sites for hydroxylation is 3. The number of ether oxygens (including phenoxy) is 1. The van der Waals surface area contributed by atoms with E-state index in [0.717, 1.165) is 22.8 Å². The fourth-order valence-corrected chi connectivity index (χ4v) is 3.37. The van der Waals surface area contributed by atoms with Crippen LogP contribution < -0.4 is 10.1 Å². The molecule has 3 heterocycles. The van der Waals surface area contributed by atoms with Crippen LogP contribution in [0.2, 0.25) is 0 Å². The molecular weight excluding hydrogens is 388 g/mol. The third-order valence-corrected chi connectivity index (χ3v) is 5.20. The zero-order valence-electron chi connectivity index (χ0n) is 18.4. The lowest BCUT2D eigenvalue weighted by Gasteiger charge is -2.17. The van der Waals surface area contributed by atoms with Crippen LogP contribution in [0.15, 0.2) is 55.0 Å². The number of methoxy groups -OCH3 is 1. The van der Waals surface area contributed by atoms with E-state index in [-0.39, 0.29) is 6.04 Å². The maximum absolute atomic E-state index is 5.51. The summed E-state index contributed by atoms with van der Waals surface area (Å²) in [6, 6.07) is 14.5. The second kappa shape index (κ2) is 8.55. The van der Waals surface area contributed by atoms with E-state index >= 15 is 0 Å². The van der Waals surface area contributed by atoms with Gasteiger partial charge in [-0.15, -0.1) is 10.2 Å². The molecule has 0 aliphatic rings. The molecule has 4 aromatic rings. The molecule has 0 radical (unpaired) electrons. The van der Waals surface area contributed by atoms with Crippen molar-refractivity contribution in [3.8, 4) is 23.0 Å². The first-order valence-corrected chi connectivity index (χ1v) is 10.2. The molecule has 4 rings (SSSR count). The van der Waals surface area contributed by atoms with Gasteiger partial charge in [-0.25, -0.2) is 9.97 Å². The summed E-state index contributed by atoms with van der Waals surface area (Å²) in [4.78, 5) is 8.91. The number of nitrogens with zero attached hydrogens (tertiary/aromatic N) is 5. The number of hydrogen-bond donors (Lipinski definition) is 1. The Balaban J connectivity index is 1.58. The average molecular weight is 415 g/mol. The number of aromatic nitrogens is 5. The molecule has 7 heteroatoms. The summed E-state index contributed by atoms with van der Waals surface area (Å²) < 4.78 is 7.41. The third kappa shape index (κ3) is 4.40. The molecular formula is C24H26N6O. The monoisotopic (exact) mass is 414 g/mol. The van der Waals surface area contributed by atoms with Gasteiger partial charge in [-0.2, -0.15) is 0 Å². The van der Waals surface area contributed by atoms with Crippen LogP contribution in [0.25, 0.3) is 17.1 Å². The molecule has 0 aliphatic heterocycles.